The minimum atomic E-state index is -0.263. The molecular weight excluding hydrogens is 384 g/mol. The molecule has 4 heterocycles. The van der Waals surface area contributed by atoms with Crippen LogP contribution in [0.15, 0.2) is 24.3 Å². The highest BCUT2D eigenvalue weighted by Crippen LogP contribution is 2.26. The minimum Gasteiger partial charge on any atom is -0.478 e. The van der Waals surface area contributed by atoms with Gasteiger partial charge >= 0.3 is 0 Å². The zero-order valence-corrected chi connectivity index (χ0v) is 17.1. The van der Waals surface area contributed by atoms with E-state index in [-0.39, 0.29) is 5.91 Å². The van der Waals surface area contributed by atoms with E-state index in [1.165, 1.54) is 0 Å². The quantitative estimate of drug-likeness (QED) is 0.692. The second-order valence-corrected chi connectivity index (χ2v) is 7.69. The van der Waals surface area contributed by atoms with E-state index < -0.39 is 0 Å². The fourth-order valence-corrected chi connectivity index (χ4v) is 4.09. The van der Waals surface area contributed by atoms with Crippen molar-refractivity contribution in [3.63, 3.8) is 0 Å². The minimum absolute atomic E-state index is 0.263. The number of hydrogen-bond acceptors (Lipinski definition) is 6. The van der Waals surface area contributed by atoms with Crippen molar-refractivity contribution < 1.29 is 14.3 Å². The van der Waals surface area contributed by atoms with Crippen LogP contribution >= 0.6 is 0 Å². The number of rotatable bonds is 5. The third-order valence-corrected chi connectivity index (χ3v) is 5.72. The van der Waals surface area contributed by atoms with E-state index in [0.717, 1.165) is 69.0 Å². The number of ether oxygens (including phenoxy) is 2. The normalized spacial score (nSPS) is 17.0. The summed E-state index contributed by atoms with van der Waals surface area (Å²) >= 11 is 0. The highest BCUT2D eigenvalue weighted by molar-refractivity contribution is 6.04. The number of imidazole rings is 1. The van der Waals surface area contributed by atoms with Crippen molar-refractivity contribution in [2.75, 3.05) is 44.8 Å². The van der Waals surface area contributed by atoms with Crippen molar-refractivity contribution in [1.29, 1.82) is 0 Å². The number of nitrogens with one attached hydrogen (secondary N) is 1. The van der Waals surface area contributed by atoms with Crippen molar-refractivity contribution in [3.05, 3.63) is 35.5 Å². The summed E-state index contributed by atoms with van der Waals surface area (Å²) in [6.45, 7) is 8.28. The number of anilines is 1. The largest absolute Gasteiger partial charge is 0.478 e. The van der Waals surface area contributed by atoms with Gasteiger partial charge in [-0.25, -0.2) is 9.67 Å². The van der Waals surface area contributed by atoms with E-state index in [1.807, 2.05) is 31.2 Å². The lowest BCUT2D eigenvalue weighted by atomic mass is 10.2. The van der Waals surface area contributed by atoms with Gasteiger partial charge in [0.25, 0.3) is 5.91 Å². The van der Waals surface area contributed by atoms with Gasteiger partial charge in [0.15, 0.2) is 5.69 Å². The SMILES string of the molecule is Cc1c(C(=O)Nc2nc3ccccc3n2CCN2CCOCC2)nn2c1OCCC2. The maximum Gasteiger partial charge on any atom is 0.278 e. The standard InChI is InChI=1S/C21H26N6O3/c1-15-18(24-27-7-4-12-30-20(15)27)19(28)23-21-22-16-5-2-3-6-17(16)26(21)9-8-25-10-13-29-14-11-25/h2-3,5-6H,4,7-14H2,1H3,(H,22,23,28). The van der Waals surface area contributed by atoms with Gasteiger partial charge in [-0.2, -0.15) is 5.10 Å². The Morgan fingerprint density at radius 1 is 1.13 bits per heavy atom. The molecule has 2 aliphatic rings. The number of morpholine rings is 1. The molecule has 0 aliphatic carbocycles. The molecule has 0 atom stereocenters. The predicted molar refractivity (Wildman–Crippen MR) is 112 cm³/mol. The zero-order valence-electron chi connectivity index (χ0n) is 17.1. The van der Waals surface area contributed by atoms with Crippen LogP contribution in [0.3, 0.4) is 0 Å². The summed E-state index contributed by atoms with van der Waals surface area (Å²) in [7, 11) is 0. The fraction of sp³-hybridized carbons (Fsp3) is 0.476. The Morgan fingerprint density at radius 3 is 2.80 bits per heavy atom. The predicted octanol–water partition coefficient (Wildman–Crippen LogP) is 1.91. The molecule has 158 valence electrons. The number of para-hydroxylation sites is 2. The Bertz CT molecular complexity index is 1070. The summed E-state index contributed by atoms with van der Waals surface area (Å²) in [6, 6.07) is 7.94. The lowest BCUT2D eigenvalue weighted by Gasteiger charge is -2.26. The fourth-order valence-electron chi connectivity index (χ4n) is 4.09. The van der Waals surface area contributed by atoms with Crippen molar-refractivity contribution in [3.8, 4) is 5.88 Å². The number of nitrogens with zero attached hydrogens (tertiary/aromatic N) is 5. The van der Waals surface area contributed by atoms with Crippen LogP contribution in [0, 0.1) is 6.92 Å². The second kappa shape index (κ2) is 8.08. The molecule has 1 fully saturated rings. The first-order chi connectivity index (χ1) is 14.7. The van der Waals surface area contributed by atoms with Crippen LogP contribution in [-0.4, -0.2) is 69.6 Å². The number of amides is 1. The van der Waals surface area contributed by atoms with E-state index in [1.54, 1.807) is 4.68 Å². The van der Waals surface area contributed by atoms with Crippen LogP contribution in [0.25, 0.3) is 11.0 Å². The number of fused-ring (bicyclic) bond motifs is 2. The Hall–Kier alpha value is -2.91. The second-order valence-electron chi connectivity index (χ2n) is 7.69. The van der Waals surface area contributed by atoms with E-state index in [4.69, 9.17) is 9.47 Å². The summed E-state index contributed by atoms with van der Waals surface area (Å²) in [6.07, 6.45) is 0.895. The molecule has 0 spiro atoms. The van der Waals surface area contributed by atoms with Crippen LogP contribution in [0.5, 0.6) is 5.88 Å². The number of carbonyl (C=O) groups is 1. The molecular formula is C21H26N6O3. The smallest absolute Gasteiger partial charge is 0.278 e. The highest BCUT2D eigenvalue weighted by atomic mass is 16.5. The highest BCUT2D eigenvalue weighted by Gasteiger charge is 2.25. The third-order valence-electron chi connectivity index (χ3n) is 5.72. The van der Waals surface area contributed by atoms with Crippen LogP contribution in [0.4, 0.5) is 5.95 Å². The summed E-state index contributed by atoms with van der Waals surface area (Å²) in [5.74, 6) is 0.967. The lowest BCUT2D eigenvalue weighted by Crippen LogP contribution is -2.38. The molecule has 2 aromatic heterocycles. The molecule has 1 N–H and O–H groups in total. The average molecular weight is 410 g/mol. The van der Waals surface area contributed by atoms with Gasteiger partial charge in [0.05, 0.1) is 30.9 Å². The van der Waals surface area contributed by atoms with E-state index in [0.29, 0.717) is 24.1 Å². The molecule has 0 bridgehead atoms. The van der Waals surface area contributed by atoms with Crippen LogP contribution in [-0.2, 0) is 17.8 Å². The molecule has 0 radical (unpaired) electrons. The summed E-state index contributed by atoms with van der Waals surface area (Å²) < 4.78 is 15.0. The third kappa shape index (κ3) is 3.54. The van der Waals surface area contributed by atoms with Gasteiger partial charge in [0.2, 0.25) is 11.8 Å². The maximum absolute atomic E-state index is 13.1. The maximum atomic E-state index is 13.1. The molecule has 2 aliphatic heterocycles. The van der Waals surface area contributed by atoms with Crippen molar-refractivity contribution in [2.24, 2.45) is 0 Å². The average Bonchev–Trinajstić information content (AvgIpc) is 3.30. The van der Waals surface area contributed by atoms with Gasteiger partial charge in [-0.1, -0.05) is 12.1 Å². The number of benzene rings is 1. The van der Waals surface area contributed by atoms with Crippen molar-refractivity contribution >= 4 is 22.9 Å². The first kappa shape index (κ1) is 19.1. The number of carbonyl (C=O) groups excluding carboxylic acids is 1. The van der Waals surface area contributed by atoms with E-state index in [2.05, 4.69) is 24.9 Å². The van der Waals surface area contributed by atoms with Crippen molar-refractivity contribution in [2.45, 2.75) is 26.4 Å². The van der Waals surface area contributed by atoms with Gasteiger partial charge in [0.1, 0.15) is 0 Å². The van der Waals surface area contributed by atoms with Gasteiger partial charge in [-0.3, -0.25) is 15.0 Å². The summed E-state index contributed by atoms with van der Waals surface area (Å²) in [5, 5.41) is 7.46. The van der Waals surface area contributed by atoms with Gasteiger partial charge in [0, 0.05) is 44.7 Å². The first-order valence-corrected chi connectivity index (χ1v) is 10.5. The molecule has 5 rings (SSSR count). The Labute approximate surface area is 174 Å². The van der Waals surface area contributed by atoms with Crippen LogP contribution in [0.2, 0.25) is 0 Å². The van der Waals surface area contributed by atoms with E-state index in [9.17, 15) is 4.79 Å². The Morgan fingerprint density at radius 2 is 1.97 bits per heavy atom. The molecule has 1 saturated heterocycles. The lowest BCUT2D eigenvalue weighted by molar-refractivity contribution is 0.0366. The number of aromatic nitrogens is 4. The molecule has 0 unspecified atom stereocenters. The summed E-state index contributed by atoms with van der Waals surface area (Å²) in [5.41, 5.74) is 3.02. The van der Waals surface area contributed by atoms with E-state index >= 15 is 0 Å². The molecule has 9 heteroatoms. The zero-order chi connectivity index (χ0) is 20.5. The monoisotopic (exact) mass is 410 g/mol. The van der Waals surface area contributed by atoms with Gasteiger partial charge in [-0.15, -0.1) is 0 Å². The number of hydrogen-bond donors (Lipinski definition) is 1. The van der Waals surface area contributed by atoms with Gasteiger partial charge < -0.3 is 14.0 Å². The molecule has 9 nitrogen and oxygen atoms in total. The number of aryl methyl sites for hydroxylation is 1. The topological polar surface area (TPSA) is 86.4 Å². The Kier molecular flexibility index (Phi) is 5.14. The van der Waals surface area contributed by atoms with Gasteiger partial charge in [-0.05, 0) is 19.1 Å². The molecule has 0 saturated carbocycles. The first-order valence-electron chi connectivity index (χ1n) is 10.5. The molecule has 1 amide bonds. The van der Waals surface area contributed by atoms with Crippen LogP contribution < -0.4 is 10.1 Å². The van der Waals surface area contributed by atoms with Crippen LogP contribution in [0.1, 0.15) is 22.5 Å². The van der Waals surface area contributed by atoms with Crippen molar-refractivity contribution in [1.82, 2.24) is 24.2 Å². The molecule has 30 heavy (non-hydrogen) atoms. The summed E-state index contributed by atoms with van der Waals surface area (Å²) in [4.78, 5) is 20.1. The Balaban J connectivity index is 1.41. The molecule has 1 aromatic carbocycles. The molecule has 3 aromatic rings.